The van der Waals surface area contributed by atoms with Crippen molar-refractivity contribution in [3.63, 3.8) is 0 Å². The SMILES string of the molecule is CC(=O)N[C@H]1[C@H](O[C@H]2[C@H](O)[C@@H](N)[C@H](O[C@@H]([C@H](O)[C@@H](N)C=O)[C@H](O)CO)O[C@@H]2CO)O[C@H](CO)[C@@H](O)[C@@H]1O. The molecule has 2 aliphatic rings. The molecule has 0 aliphatic carbocycles. The van der Waals surface area contributed by atoms with Gasteiger partial charge in [0.15, 0.2) is 12.6 Å². The fourth-order valence-corrected chi connectivity index (χ4v) is 4.08. The van der Waals surface area contributed by atoms with Crippen LogP contribution >= 0.6 is 0 Å². The highest BCUT2D eigenvalue weighted by molar-refractivity contribution is 5.73. The molecule has 37 heavy (non-hydrogen) atoms. The Hall–Kier alpha value is -1.42. The third-order valence-corrected chi connectivity index (χ3v) is 6.19. The highest BCUT2D eigenvalue weighted by atomic mass is 16.7. The lowest BCUT2D eigenvalue weighted by molar-refractivity contribution is -0.339. The second-order valence-corrected chi connectivity index (χ2v) is 8.88. The largest absolute Gasteiger partial charge is 0.394 e. The highest BCUT2D eigenvalue weighted by Crippen LogP contribution is 2.30. The van der Waals surface area contributed by atoms with Crippen molar-refractivity contribution in [2.45, 2.75) is 92.6 Å². The predicted molar refractivity (Wildman–Crippen MR) is 118 cm³/mol. The van der Waals surface area contributed by atoms with Crippen LogP contribution in [0.2, 0.25) is 0 Å². The Balaban J connectivity index is 2.25. The maximum absolute atomic E-state index is 11.6. The molecular formula is C20H37N3O14. The van der Waals surface area contributed by atoms with Gasteiger partial charge >= 0.3 is 0 Å². The fourth-order valence-electron chi connectivity index (χ4n) is 4.08. The average molecular weight is 544 g/mol. The van der Waals surface area contributed by atoms with Crippen LogP contribution in [0.15, 0.2) is 0 Å². The summed E-state index contributed by atoms with van der Waals surface area (Å²) in [6, 6.07) is -4.36. The second-order valence-electron chi connectivity index (χ2n) is 8.88. The molecule has 14 atom stereocenters. The van der Waals surface area contributed by atoms with Crippen molar-refractivity contribution in [2.24, 2.45) is 11.5 Å². The van der Waals surface area contributed by atoms with Crippen LogP contribution in [0.1, 0.15) is 6.92 Å². The van der Waals surface area contributed by atoms with E-state index in [1.807, 2.05) is 0 Å². The first-order valence-corrected chi connectivity index (χ1v) is 11.5. The maximum atomic E-state index is 11.6. The summed E-state index contributed by atoms with van der Waals surface area (Å²) in [5.41, 5.74) is 11.5. The summed E-state index contributed by atoms with van der Waals surface area (Å²) in [7, 11) is 0. The van der Waals surface area contributed by atoms with Crippen molar-refractivity contribution in [1.82, 2.24) is 5.32 Å². The number of nitrogens with two attached hydrogens (primary N) is 2. The fraction of sp³-hybridized carbons (Fsp3) is 0.900. The molecule has 0 radical (unpaired) electrons. The van der Waals surface area contributed by atoms with Crippen LogP contribution in [-0.2, 0) is 28.5 Å². The standard InChI is InChI=1S/C20H37N3O14/c1-6(28)23-12-16(33)14(31)9(4-26)34-20(12)37-18-10(5-27)35-19(11(22)15(18)32)36-17(8(29)3-25)13(30)7(21)2-24/h2,7-20,25-27,29-33H,3-5,21-22H2,1H3,(H,23,28)/t7-,8+,9+,10+,11+,12+,13+,14+,15+,16+,17+,18+,19-,20-/m0/s1. The van der Waals surface area contributed by atoms with Crippen molar-refractivity contribution in [3.8, 4) is 0 Å². The average Bonchev–Trinajstić information content (AvgIpc) is 2.88. The van der Waals surface area contributed by atoms with Crippen molar-refractivity contribution in [1.29, 1.82) is 0 Å². The summed E-state index contributed by atoms with van der Waals surface area (Å²) in [5, 5.41) is 82.7. The Kier molecular flexibility index (Phi) is 12.1. The minimum atomic E-state index is -1.81. The Morgan fingerprint density at radius 3 is 2.14 bits per heavy atom. The lowest BCUT2D eigenvalue weighted by Crippen LogP contribution is -2.69. The van der Waals surface area contributed by atoms with Crippen LogP contribution in [0.4, 0.5) is 0 Å². The van der Waals surface area contributed by atoms with Gasteiger partial charge in [0.25, 0.3) is 0 Å². The van der Waals surface area contributed by atoms with Gasteiger partial charge in [-0.05, 0) is 0 Å². The molecule has 2 saturated heterocycles. The first kappa shape index (κ1) is 31.8. The Labute approximate surface area is 211 Å². The quantitative estimate of drug-likeness (QED) is 0.102. The van der Waals surface area contributed by atoms with Gasteiger partial charge in [-0.1, -0.05) is 0 Å². The lowest BCUT2D eigenvalue weighted by atomic mass is 9.94. The van der Waals surface area contributed by atoms with Gasteiger partial charge in [0.2, 0.25) is 5.91 Å². The smallest absolute Gasteiger partial charge is 0.217 e. The molecule has 2 heterocycles. The molecule has 1 amide bonds. The molecule has 0 aromatic rings. The molecule has 0 bridgehead atoms. The maximum Gasteiger partial charge on any atom is 0.217 e. The summed E-state index contributed by atoms with van der Waals surface area (Å²) in [6.07, 6.45) is -17.4. The van der Waals surface area contributed by atoms with E-state index in [4.69, 9.17) is 30.4 Å². The molecule has 13 N–H and O–H groups in total. The summed E-state index contributed by atoms with van der Waals surface area (Å²) < 4.78 is 22.2. The van der Waals surface area contributed by atoms with Crippen LogP contribution in [0.3, 0.4) is 0 Å². The van der Waals surface area contributed by atoms with Crippen LogP contribution < -0.4 is 16.8 Å². The minimum Gasteiger partial charge on any atom is -0.394 e. The summed E-state index contributed by atoms with van der Waals surface area (Å²) in [4.78, 5) is 22.6. The van der Waals surface area contributed by atoms with Crippen LogP contribution in [0, 0.1) is 0 Å². The predicted octanol–water partition coefficient (Wildman–Crippen LogP) is -7.65. The van der Waals surface area contributed by atoms with E-state index in [0.29, 0.717) is 0 Å². The normalized spacial score (nSPS) is 39.9. The van der Waals surface area contributed by atoms with Gasteiger partial charge in [0.1, 0.15) is 67.3 Å². The van der Waals surface area contributed by atoms with Crippen molar-refractivity contribution < 1.29 is 69.4 Å². The van der Waals surface area contributed by atoms with Crippen LogP contribution in [-0.4, -0.2) is 159 Å². The number of ether oxygens (including phenoxy) is 4. The number of hydrogen-bond acceptors (Lipinski definition) is 16. The Morgan fingerprint density at radius 2 is 1.62 bits per heavy atom. The highest BCUT2D eigenvalue weighted by Gasteiger charge is 2.51. The first-order valence-electron chi connectivity index (χ1n) is 11.5. The zero-order chi connectivity index (χ0) is 28.0. The van der Waals surface area contributed by atoms with Gasteiger partial charge in [0, 0.05) is 6.92 Å². The number of hydrogen-bond donors (Lipinski definition) is 11. The van der Waals surface area contributed by atoms with E-state index in [9.17, 15) is 50.4 Å². The van der Waals surface area contributed by atoms with E-state index in [1.165, 1.54) is 0 Å². The van der Waals surface area contributed by atoms with E-state index in [2.05, 4.69) is 5.32 Å². The molecule has 2 rings (SSSR count). The van der Waals surface area contributed by atoms with Gasteiger partial charge in [-0.15, -0.1) is 0 Å². The van der Waals surface area contributed by atoms with E-state index in [0.717, 1.165) is 6.92 Å². The number of nitrogens with one attached hydrogen (secondary N) is 1. The second kappa shape index (κ2) is 14.1. The van der Waals surface area contributed by atoms with E-state index in [-0.39, 0.29) is 6.29 Å². The number of aliphatic hydroxyl groups is 8. The Bertz CT molecular complexity index is 734. The van der Waals surface area contributed by atoms with Crippen molar-refractivity contribution >= 4 is 12.2 Å². The number of carbonyl (C=O) groups is 2. The molecule has 17 nitrogen and oxygen atoms in total. The number of rotatable bonds is 12. The first-order chi connectivity index (χ1) is 17.4. The summed E-state index contributed by atoms with van der Waals surface area (Å²) in [6.45, 7) is -1.31. The molecule has 0 aromatic carbocycles. The number of amides is 1. The zero-order valence-corrected chi connectivity index (χ0v) is 20.0. The van der Waals surface area contributed by atoms with Crippen LogP contribution in [0.5, 0.6) is 0 Å². The molecule has 2 fully saturated rings. The van der Waals surface area contributed by atoms with Gasteiger partial charge in [-0.2, -0.15) is 0 Å². The molecule has 216 valence electrons. The molecule has 0 unspecified atom stereocenters. The monoisotopic (exact) mass is 543 g/mol. The lowest BCUT2D eigenvalue weighted by Gasteiger charge is -2.48. The molecule has 0 aromatic heterocycles. The third-order valence-electron chi connectivity index (χ3n) is 6.19. The summed E-state index contributed by atoms with van der Waals surface area (Å²) in [5.74, 6) is -0.624. The van der Waals surface area contributed by atoms with Gasteiger partial charge in [-0.25, -0.2) is 0 Å². The van der Waals surface area contributed by atoms with E-state index in [1.54, 1.807) is 0 Å². The van der Waals surface area contributed by atoms with Crippen LogP contribution in [0.25, 0.3) is 0 Å². The van der Waals surface area contributed by atoms with Gasteiger partial charge < -0.3 is 81.4 Å². The topological polar surface area (TPSA) is 297 Å². The van der Waals surface area contributed by atoms with Crippen molar-refractivity contribution in [2.75, 3.05) is 19.8 Å². The van der Waals surface area contributed by atoms with Gasteiger partial charge in [0.05, 0.1) is 31.9 Å². The molecule has 0 spiro atoms. The minimum absolute atomic E-state index is 0.183. The Morgan fingerprint density at radius 1 is 1.03 bits per heavy atom. The molecule has 2 aliphatic heterocycles. The van der Waals surface area contributed by atoms with Crippen molar-refractivity contribution in [3.05, 3.63) is 0 Å². The zero-order valence-electron chi connectivity index (χ0n) is 20.0. The number of carbonyl (C=O) groups excluding carboxylic acids is 2. The third kappa shape index (κ3) is 7.37. The molecular weight excluding hydrogens is 506 g/mol. The summed E-state index contributed by atoms with van der Waals surface area (Å²) >= 11 is 0. The van der Waals surface area contributed by atoms with E-state index >= 15 is 0 Å². The van der Waals surface area contributed by atoms with E-state index < -0.39 is 111 Å². The number of aldehydes is 1. The molecule has 17 heteroatoms. The number of aliphatic hydroxyl groups excluding tert-OH is 8. The molecule has 0 saturated carbocycles. The van der Waals surface area contributed by atoms with Gasteiger partial charge in [-0.3, -0.25) is 4.79 Å².